The number of nitrogens with zero attached hydrogens (tertiary/aromatic N) is 3. The number of aromatic nitrogens is 3. The van der Waals surface area contributed by atoms with E-state index >= 15 is 0 Å². The molecule has 1 amide bonds. The summed E-state index contributed by atoms with van der Waals surface area (Å²) >= 11 is 13.4. The SMILES string of the molecule is C=CCn1c(SCC(=O)Nc2nc(C)c(Cl)cc2Cl)nc2ccccc21. The smallest absolute Gasteiger partial charge is 0.236 e. The maximum Gasteiger partial charge on any atom is 0.236 e. The fourth-order valence-corrected chi connectivity index (χ4v) is 3.64. The van der Waals surface area contributed by atoms with Gasteiger partial charge in [-0.3, -0.25) is 4.79 Å². The van der Waals surface area contributed by atoms with Gasteiger partial charge < -0.3 is 9.88 Å². The Kier molecular flexibility index (Phi) is 5.86. The van der Waals surface area contributed by atoms with Gasteiger partial charge in [0, 0.05) is 6.54 Å². The first-order valence-electron chi connectivity index (χ1n) is 7.81. The fourth-order valence-electron chi connectivity index (χ4n) is 2.41. The Morgan fingerprint density at radius 1 is 1.31 bits per heavy atom. The summed E-state index contributed by atoms with van der Waals surface area (Å²) in [7, 11) is 0. The van der Waals surface area contributed by atoms with E-state index < -0.39 is 0 Å². The van der Waals surface area contributed by atoms with Crippen molar-refractivity contribution in [1.29, 1.82) is 0 Å². The first-order chi connectivity index (χ1) is 12.5. The van der Waals surface area contributed by atoms with Crippen molar-refractivity contribution in [3.05, 3.63) is 58.7 Å². The Morgan fingerprint density at radius 3 is 2.85 bits per heavy atom. The zero-order chi connectivity index (χ0) is 18.7. The molecule has 1 aromatic carbocycles. The van der Waals surface area contributed by atoms with Crippen LogP contribution in [0.25, 0.3) is 11.0 Å². The molecule has 1 N–H and O–H groups in total. The van der Waals surface area contributed by atoms with Gasteiger partial charge in [0.1, 0.15) is 0 Å². The van der Waals surface area contributed by atoms with E-state index in [1.165, 1.54) is 11.8 Å². The number of amides is 1. The highest BCUT2D eigenvalue weighted by Crippen LogP contribution is 2.27. The number of imidazole rings is 1. The van der Waals surface area contributed by atoms with Crippen LogP contribution in [0.1, 0.15) is 5.69 Å². The molecular formula is C18H16Cl2N4OS. The lowest BCUT2D eigenvalue weighted by Gasteiger charge is -2.09. The number of halogens is 2. The molecule has 2 aromatic heterocycles. The number of anilines is 1. The number of allylic oxidation sites excluding steroid dienone is 1. The molecule has 134 valence electrons. The molecule has 0 fully saturated rings. The normalized spacial score (nSPS) is 10.9. The molecular weight excluding hydrogens is 391 g/mol. The van der Waals surface area contributed by atoms with Crippen LogP contribution in [-0.2, 0) is 11.3 Å². The van der Waals surface area contributed by atoms with Gasteiger partial charge in [-0.1, -0.05) is 53.2 Å². The first kappa shape index (κ1) is 18.8. The van der Waals surface area contributed by atoms with Crippen LogP contribution in [0.4, 0.5) is 5.82 Å². The number of thioether (sulfide) groups is 1. The summed E-state index contributed by atoms with van der Waals surface area (Å²) in [6, 6.07) is 9.40. The number of fused-ring (bicyclic) bond motifs is 1. The van der Waals surface area contributed by atoms with E-state index in [1.54, 1.807) is 19.1 Å². The highest BCUT2D eigenvalue weighted by Gasteiger charge is 2.14. The molecule has 2 heterocycles. The van der Waals surface area contributed by atoms with Crippen LogP contribution < -0.4 is 5.32 Å². The van der Waals surface area contributed by atoms with Crippen LogP contribution in [0.3, 0.4) is 0 Å². The van der Waals surface area contributed by atoms with Crippen molar-refractivity contribution in [2.45, 2.75) is 18.6 Å². The molecule has 5 nitrogen and oxygen atoms in total. The summed E-state index contributed by atoms with van der Waals surface area (Å²) in [4.78, 5) is 21.1. The lowest BCUT2D eigenvalue weighted by atomic mass is 10.3. The van der Waals surface area contributed by atoms with Crippen molar-refractivity contribution in [3.8, 4) is 0 Å². The van der Waals surface area contributed by atoms with Crippen molar-refractivity contribution in [3.63, 3.8) is 0 Å². The summed E-state index contributed by atoms with van der Waals surface area (Å²) in [5, 5.41) is 4.23. The second-order valence-corrected chi connectivity index (χ2v) is 7.26. The number of pyridine rings is 1. The number of para-hydroxylation sites is 2. The van der Waals surface area contributed by atoms with Gasteiger partial charge in [0.25, 0.3) is 0 Å². The highest BCUT2D eigenvalue weighted by molar-refractivity contribution is 7.99. The average Bonchev–Trinajstić information content (AvgIpc) is 2.96. The number of hydrogen-bond donors (Lipinski definition) is 1. The van der Waals surface area contributed by atoms with Gasteiger partial charge in [0.2, 0.25) is 5.91 Å². The topological polar surface area (TPSA) is 59.8 Å². The van der Waals surface area contributed by atoms with Gasteiger partial charge in [-0.25, -0.2) is 9.97 Å². The van der Waals surface area contributed by atoms with Gasteiger partial charge in [-0.05, 0) is 25.1 Å². The van der Waals surface area contributed by atoms with Gasteiger partial charge in [-0.2, -0.15) is 0 Å². The monoisotopic (exact) mass is 406 g/mol. The number of rotatable bonds is 6. The number of aryl methyl sites for hydroxylation is 1. The maximum atomic E-state index is 12.3. The van der Waals surface area contributed by atoms with Gasteiger partial charge in [0.05, 0.1) is 32.5 Å². The van der Waals surface area contributed by atoms with Crippen LogP contribution in [0.5, 0.6) is 0 Å². The summed E-state index contributed by atoms with van der Waals surface area (Å²) in [6.45, 7) is 6.16. The molecule has 0 spiro atoms. The van der Waals surface area contributed by atoms with Crippen LogP contribution in [0, 0.1) is 6.92 Å². The third kappa shape index (κ3) is 4.03. The molecule has 0 unspecified atom stereocenters. The van der Waals surface area contributed by atoms with E-state index in [9.17, 15) is 4.79 Å². The van der Waals surface area contributed by atoms with E-state index in [2.05, 4.69) is 21.9 Å². The van der Waals surface area contributed by atoms with Crippen LogP contribution in [0.2, 0.25) is 10.0 Å². The largest absolute Gasteiger partial charge is 0.315 e. The minimum absolute atomic E-state index is 0.181. The summed E-state index contributed by atoms with van der Waals surface area (Å²) in [5.41, 5.74) is 2.50. The third-order valence-corrected chi connectivity index (χ3v) is 5.27. The van der Waals surface area contributed by atoms with Gasteiger partial charge in [-0.15, -0.1) is 6.58 Å². The van der Waals surface area contributed by atoms with E-state index in [0.717, 1.165) is 16.2 Å². The number of benzene rings is 1. The Labute approximate surface area is 165 Å². The average molecular weight is 407 g/mol. The summed E-state index contributed by atoms with van der Waals surface area (Å²) in [5.74, 6) is 0.266. The lowest BCUT2D eigenvalue weighted by molar-refractivity contribution is -0.113. The third-order valence-electron chi connectivity index (χ3n) is 3.63. The van der Waals surface area contributed by atoms with Crippen LogP contribution in [-0.4, -0.2) is 26.2 Å². The number of nitrogens with one attached hydrogen (secondary N) is 1. The van der Waals surface area contributed by atoms with E-state index in [-0.39, 0.29) is 11.7 Å². The van der Waals surface area contributed by atoms with Crippen molar-refractivity contribution >= 4 is 57.7 Å². The number of carbonyl (C=O) groups excluding carboxylic acids is 1. The van der Waals surface area contributed by atoms with Crippen LogP contribution >= 0.6 is 35.0 Å². The molecule has 0 aliphatic carbocycles. The van der Waals surface area contributed by atoms with Crippen molar-refractivity contribution in [2.75, 3.05) is 11.1 Å². The molecule has 0 radical (unpaired) electrons. The zero-order valence-corrected chi connectivity index (χ0v) is 16.3. The second-order valence-electron chi connectivity index (χ2n) is 5.51. The minimum atomic E-state index is -0.219. The standard InChI is InChI=1S/C18H16Cl2N4OS/c1-3-8-24-15-7-5-4-6-14(15)22-18(24)26-10-16(25)23-17-13(20)9-12(19)11(2)21-17/h3-7,9H,1,8,10H2,2H3,(H,21,23,25). The molecule has 26 heavy (non-hydrogen) atoms. The summed E-state index contributed by atoms with van der Waals surface area (Å²) in [6.07, 6.45) is 1.80. The lowest BCUT2D eigenvalue weighted by Crippen LogP contribution is -2.16. The maximum absolute atomic E-state index is 12.3. The predicted molar refractivity (Wildman–Crippen MR) is 108 cm³/mol. The van der Waals surface area contributed by atoms with E-state index in [1.807, 2.05) is 28.8 Å². The molecule has 3 aromatic rings. The Morgan fingerprint density at radius 2 is 2.08 bits per heavy atom. The number of carbonyl (C=O) groups is 1. The molecule has 0 saturated heterocycles. The van der Waals surface area contributed by atoms with E-state index in [4.69, 9.17) is 23.2 Å². The van der Waals surface area contributed by atoms with Crippen molar-refractivity contribution in [1.82, 2.24) is 14.5 Å². The quantitative estimate of drug-likeness (QED) is 0.463. The second kappa shape index (κ2) is 8.12. The molecule has 0 aliphatic rings. The van der Waals surface area contributed by atoms with E-state index in [0.29, 0.717) is 28.1 Å². The predicted octanol–water partition coefficient (Wildman–Crippen LogP) is 4.96. The highest BCUT2D eigenvalue weighted by atomic mass is 35.5. The van der Waals surface area contributed by atoms with Crippen LogP contribution in [0.15, 0.2) is 48.1 Å². The Bertz CT molecular complexity index is 987. The Hall–Kier alpha value is -2.02. The molecule has 0 bridgehead atoms. The van der Waals surface area contributed by atoms with Gasteiger partial charge in [0.15, 0.2) is 11.0 Å². The van der Waals surface area contributed by atoms with Crippen molar-refractivity contribution in [2.24, 2.45) is 0 Å². The minimum Gasteiger partial charge on any atom is -0.315 e. The molecule has 3 rings (SSSR count). The zero-order valence-electron chi connectivity index (χ0n) is 14.0. The van der Waals surface area contributed by atoms with Gasteiger partial charge >= 0.3 is 0 Å². The molecule has 8 heteroatoms. The number of hydrogen-bond acceptors (Lipinski definition) is 4. The Balaban J connectivity index is 1.74. The summed E-state index contributed by atoms with van der Waals surface area (Å²) < 4.78 is 2.03. The molecule has 0 saturated carbocycles. The first-order valence-corrected chi connectivity index (χ1v) is 9.55. The fraction of sp³-hybridized carbons (Fsp3) is 0.167. The molecule has 0 atom stereocenters. The van der Waals surface area contributed by atoms with Crippen molar-refractivity contribution < 1.29 is 4.79 Å². The molecule has 0 aliphatic heterocycles.